The van der Waals surface area contributed by atoms with Crippen LogP contribution >= 0.6 is 0 Å². The Bertz CT molecular complexity index is 1860. The van der Waals surface area contributed by atoms with Crippen LogP contribution in [0.1, 0.15) is 303 Å². The first-order chi connectivity index (χ1) is 43.3. The van der Waals surface area contributed by atoms with E-state index < -0.39 is 49.5 Å². The third-order valence-corrected chi connectivity index (χ3v) is 16.5. The maximum Gasteiger partial charge on any atom is 0.220 e. The van der Waals surface area contributed by atoms with Gasteiger partial charge in [-0.05, 0) is 103 Å². The number of amides is 1. The van der Waals surface area contributed by atoms with Crippen molar-refractivity contribution in [1.82, 2.24) is 5.32 Å². The van der Waals surface area contributed by atoms with E-state index in [9.17, 15) is 30.3 Å². The minimum Gasteiger partial charge on any atom is -0.394 e. The zero-order valence-electron chi connectivity index (χ0n) is 56.4. The fourth-order valence-electron chi connectivity index (χ4n) is 10.8. The van der Waals surface area contributed by atoms with Crippen molar-refractivity contribution in [1.29, 1.82) is 0 Å². The maximum absolute atomic E-state index is 13.1. The van der Waals surface area contributed by atoms with Crippen molar-refractivity contribution in [3.05, 3.63) is 134 Å². The molecule has 1 amide bonds. The first kappa shape index (κ1) is 82.3. The fraction of sp³-hybridized carbons (Fsp3) is 0.709. The lowest BCUT2D eigenvalue weighted by molar-refractivity contribution is -0.302. The number of unbranched alkanes of at least 4 members (excludes halogenated alkanes) is 32. The Morgan fingerprint density at radius 3 is 1.09 bits per heavy atom. The van der Waals surface area contributed by atoms with Gasteiger partial charge in [-0.2, -0.15) is 0 Å². The van der Waals surface area contributed by atoms with Gasteiger partial charge in [-0.15, -0.1) is 0 Å². The monoisotopic (exact) mass is 1230 g/mol. The van der Waals surface area contributed by atoms with E-state index in [0.717, 1.165) is 109 Å². The minimum absolute atomic E-state index is 0.192. The summed E-state index contributed by atoms with van der Waals surface area (Å²) in [7, 11) is 0. The summed E-state index contributed by atoms with van der Waals surface area (Å²) in [5, 5.41) is 54.8. The average Bonchev–Trinajstić information content (AvgIpc) is 3.65. The zero-order chi connectivity index (χ0) is 63.5. The van der Waals surface area contributed by atoms with E-state index in [0.29, 0.717) is 6.42 Å². The first-order valence-corrected chi connectivity index (χ1v) is 36.4. The summed E-state index contributed by atoms with van der Waals surface area (Å²) >= 11 is 0. The van der Waals surface area contributed by atoms with Crippen molar-refractivity contribution in [2.75, 3.05) is 13.2 Å². The molecule has 0 saturated carbocycles. The molecule has 1 heterocycles. The minimum atomic E-state index is -1.58. The molecule has 1 aliphatic heterocycles. The molecule has 9 heteroatoms. The van der Waals surface area contributed by atoms with Crippen LogP contribution < -0.4 is 5.32 Å². The summed E-state index contributed by atoms with van der Waals surface area (Å²) < 4.78 is 11.3. The Hall–Kier alpha value is -3.67. The Labute approximate surface area is 541 Å². The second-order valence-corrected chi connectivity index (χ2v) is 24.6. The number of aliphatic hydroxyl groups is 5. The summed E-state index contributed by atoms with van der Waals surface area (Å²) in [6.07, 6.45) is 94.1. The van der Waals surface area contributed by atoms with Crippen LogP contribution in [-0.2, 0) is 14.3 Å². The number of aliphatic hydroxyl groups excluding tert-OH is 5. The molecule has 7 atom stereocenters. The molecule has 1 fully saturated rings. The second-order valence-electron chi connectivity index (χ2n) is 24.6. The SMILES string of the molecule is CC/C=C\C/C=C\C/C=C\C/C=C\C/C=C\C/C=C\C/C=C\C/C=C\C/C=C\CCCCCCCCCCCCCC(=O)NC(COC1OC(CO)C(O)C(O)C1O)C(O)/C=C/CC/C=C/CCCCCCCCCCCCCCCCCCCCCC. The predicted octanol–water partition coefficient (Wildman–Crippen LogP) is 20.4. The highest BCUT2D eigenvalue weighted by Crippen LogP contribution is 2.23. The van der Waals surface area contributed by atoms with Crippen LogP contribution in [0.2, 0.25) is 0 Å². The quantitative estimate of drug-likeness (QED) is 0.0261. The Morgan fingerprint density at radius 2 is 0.716 bits per heavy atom. The number of carbonyl (C=O) groups is 1. The molecular weight excluding hydrogens is 1090 g/mol. The molecule has 9 nitrogen and oxygen atoms in total. The van der Waals surface area contributed by atoms with E-state index in [2.05, 4.69) is 141 Å². The Kier molecular flexibility index (Phi) is 62.0. The fourth-order valence-corrected chi connectivity index (χ4v) is 10.8. The summed E-state index contributed by atoms with van der Waals surface area (Å²) in [6, 6.07) is -0.834. The molecule has 88 heavy (non-hydrogen) atoms. The summed E-state index contributed by atoms with van der Waals surface area (Å²) in [5.74, 6) is -0.192. The molecule has 0 radical (unpaired) electrons. The zero-order valence-corrected chi connectivity index (χ0v) is 56.4. The van der Waals surface area contributed by atoms with Gasteiger partial charge in [0.15, 0.2) is 6.29 Å². The van der Waals surface area contributed by atoms with Crippen molar-refractivity contribution in [2.24, 2.45) is 0 Å². The van der Waals surface area contributed by atoms with Gasteiger partial charge in [0.2, 0.25) is 5.91 Å². The van der Waals surface area contributed by atoms with Crippen molar-refractivity contribution < 1.29 is 39.8 Å². The van der Waals surface area contributed by atoms with Gasteiger partial charge in [0, 0.05) is 6.42 Å². The number of ether oxygens (including phenoxy) is 2. The number of rotatable bonds is 62. The first-order valence-electron chi connectivity index (χ1n) is 36.4. The van der Waals surface area contributed by atoms with Gasteiger partial charge >= 0.3 is 0 Å². The van der Waals surface area contributed by atoms with Crippen LogP contribution in [-0.4, -0.2) is 87.5 Å². The number of allylic oxidation sites excluding steroid dienone is 21. The van der Waals surface area contributed by atoms with Crippen LogP contribution in [0, 0.1) is 0 Å². The summed E-state index contributed by atoms with van der Waals surface area (Å²) in [5.41, 5.74) is 0. The van der Waals surface area contributed by atoms with Crippen LogP contribution in [0.5, 0.6) is 0 Å². The molecule has 0 aromatic rings. The lowest BCUT2D eigenvalue weighted by Crippen LogP contribution is -2.60. The van der Waals surface area contributed by atoms with Crippen molar-refractivity contribution in [3.63, 3.8) is 0 Å². The van der Waals surface area contributed by atoms with Gasteiger partial charge in [-0.3, -0.25) is 4.79 Å². The van der Waals surface area contributed by atoms with Crippen LogP contribution in [0.15, 0.2) is 134 Å². The standard InChI is InChI=1S/C79H135NO8/c1-3-5-7-9-11-13-15-17-19-21-23-25-27-29-31-32-33-34-35-36-37-38-39-40-41-42-43-45-47-49-51-53-55-57-59-61-63-65-67-69-75(83)80-72(71-87-79-78(86)77(85)76(84)74(70-81)88-79)73(82)68-66-64-62-60-58-56-54-52-50-48-46-44-30-28-26-24-22-20-18-16-14-12-10-8-6-4-2/h5,7,11,13,17,19,23,25,29,31,33-34,36-37,39-40,42-43,58,60,66,68,72-74,76-79,81-82,84-86H,3-4,6,8-10,12,14-16,18,20-22,24,26-28,30,32,35,38,41,44-57,59,61-65,67,69-71H2,1-2H3,(H,80,83)/b7-5-,13-11-,19-17-,25-23-,31-29-,34-33-,37-36-,40-39-,43-42-,60-58+,68-66+. The number of nitrogens with one attached hydrogen (secondary N) is 1. The van der Waals surface area contributed by atoms with Crippen LogP contribution in [0.4, 0.5) is 0 Å². The number of hydrogen-bond donors (Lipinski definition) is 6. The molecule has 0 aromatic carbocycles. The molecule has 504 valence electrons. The van der Waals surface area contributed by atoms with E-state index in [4.69, 9.17) is 9.47 Å². The Balaban J connectivity index is 2.16. The van der Waals surface area contributed by atoms with E-state index in [1.54, 1.807) is 6.08 Å². The molecule has 7 unspecified atom stereocenters. The Morgan fingerprint density at radius 1 is 0.398 bits per heavy atom. The number of hydrogen-bond acceptors (Lipinski definition) is 8. The maximum atomic E-state index is 13.1. The molecule has 1 rings (SSSR count). The molecular formula is C79H135NO8. The van der Waals surface area contributed by atoms with E-state index >= 15 is 0 Å². The van der Waals surface area contributed by atoms with Crippen LogP contribution in [0.3, 0.4) is 0 Å². The van der Waals surface area contributed by atoms with E-state index in [1.165, 1.54) is 173 Å². The van der Waals surface area contributed by atoms with E-state index in [1.807, 2.05) is 6.08 Å². The molecule has 1 saturated heterocycles. The molecule has 0 bridgehead atoms. The van der Waals surface area contributed by atoms with Gasteiger partial charge in [0.05, 0.1) is 25.4 Å². The van der Waals surface area contributed by atoms with Gasteiger partial charge in [0.1, 0.15) is 24.4 Å². The van der Waals surface area contributed by atoms with Gasteiger partial charge in [-0.25, -0.2) is 0 Å². The third-order valence-electron chi connectivity index (χ3n) is 16.5. The smallest absolute Gasteiger partial charge is 0.220 e. The second kappa shape index (κ2) is 66.3. The normalized spacial score (nSPS) is 18.7. The topological polar surface area (TPSA) is 149 Å². The lowest BCUT2D eigenvalue weighted by atomic mass is 9.99. The molecule has 1 aliphatic rings. The van der Waals surface area contributed by atoms with Crippen molar-refractivity contribution in [3.8, 4) is 0 Å². The molecule has 6 N–H and O–H groups in total. The summed E-state index contributed by atoms with van der Waals surface area (Å²) in [4.78, 5) is 13.1. The lowest BCUT2D eigenvalue weighted by Gasteiger charge is -2.40. The highest BCUT2D eigenvalue weighted by molar-refractivity contribution is 5.76. The van der Waals surface area contributed by atoms with Crippen molar-refractivity contribution >= 4 is 5.91 Å². The molecule has 0 aromatic heterocycles. The van der Waals surface area contributed by atoms with Crippen LogP contribution in [0.25, 0.3) is 0 Å². The highest BCUT2D eigenvalue weighted by atomic mass is 16.7. The van der Waals surface area contributed by atoms with Gasteiger partial charge < -0.3 is 40.3 Å². The average molecular weight is 1230 g/mol. The molecule has 0 spiro atoms. The largest absolute Gasteiger partial charge is 0.394 e. The van der Waals surface area contributed by atoms with E-state index in [-0.39, 0.29) is 12.5 Å². The predicted molar refractivity (Wildman–Crippen MR) is 377 cm³/mol. The third kappa shape index (κ3) is 54.1. The highest BCUT2D eigenvalue weighted by Gasteiger charge is 2.44. The molecule has 0 aliphatic carbocycles. The number of carbonyl (C=O) groups excluding carboxylic acids is 1. The van der Waals surface area contributed by atoms with Crippen molar-refractivity contribution in [2.45, 2.75) is 346 Å². The van der Waals surface area contributed by atoms with Gasteiger partial charge in [0.25, 0.3) is 0 Å². The van der Waals surface area contributed by atoms with Gasteiger partial charge in [-0.1, -0.05) is 327 Å². The summed E-state index contributed by atoms with van der Waals surface area (Å²) in [6.45, 7) is 3.67.